The van der Waals surface area contributed by atoms with Crippen molar-refractivity contribution in [3.63, 3.8) is 0 Å². The molecule has 0 bridgehead atoms. The molecular formula is C21H23Cl2N3O3. The van der Waals surface area contributed by atoms with Gasteiger partial charge in [-0.1, -0.05) is 53.5 Å². The van der Waals surface area contributed by atoms with E-state index in [0.29, 0.717) is 42.0 Å². The number of amides is 2. The lowest BCUT2D eigenvalue weighted by atomic mass is 10.0. The van der Waals surface area contributed by atoms with Gasteiger partial charge in [0, 0.05) is 28.8 Å². The summed E-state index contributed by atoms with van der Waals surface area (Å²) in [6.45, 7) is 2.32. The zero-order valence-corrected chi connectivity index (χ0v) is 17.6. The molecule has 1 heterocycles. The first-order valence-electron chi connectivity index (χ1n) is 9.31. The van der Waals surface area contributed by atoms with E-state index in [1.54, 1.807) is 35.0 Å². The normalized spacial score (nSPS) is 15.2. The number of halogens is 2. The Balaban J connectivity index is 1.78. The average molecular weight is 436 g/mol. The van der Waals surface area contributed by atoms with Gasteiger partial charge >= 0.3 is 0 Å². The van der Waals surface area contributed by atoms with Crippen LogP contribution in [-0.2, 0) is 14.3 Å². The molecule has 1 aliphatic rings. The Morgan fingerprint density at radius 2 is 1.72 bits per heavy atom. The van der Waals surface area contributed by atoms with E-state index in [2.05, 4.69) is 5.32 Å². The molecule has 8 heteroatoms. The second-order valence-electron chi connectivity index (χ2n) is 6.87. The summed E-state index contributed by atoms with van der Waals surface area (Å²) in [6.07, 6.45) is 0. The Labute approximate surface area is 180 Å². The number of ether oxygens (including phenoxy) is 1. The van der Waals surface area contributed by atoms with E-state index in [1.165, 1.54) is 0 Å². The van der Waals surface area contributed by atoms with Crippen LogP contribution in [0.4, 0.5) is 5.69 Å². The van der Waals surface area contributed by atoms with E-state index >= 15 is 0 Å². The van der Waals surface area contributed by atoms with Crippen LogP contribution in [0, 0.1) is 0 Å². The summed E-state index contributed by atoms with van der Waals surface area (Å²) in [5.41, 5.74) is 1.29. The van der Waals surface area contributed by atoms with Gasteiger partial charge < -0.3 is 15.0 Å². The Morgan fingerprint density at radius 3 is 2.34 bits per heavy atom. The predicted octanol–water partition coefficient (Wildman–Crippen LogP) is 3.46. The summed E-state index contributed by atoms with van der Waals surface area (Å²) in [5.74, 6) is -0.304. The highest BCUT2D eigenvalue weighted by atomic mass is 35.5. The van der Waals surface area contributed by atoms with E-state index < -0.39 is 6.04 Å². The van der Waals surface area contributed by atoms with Gasteiger partial charge in [0.1, 0.15) is 6.04 Å². The molecule has 2 aromatic carbocycles. The Hall–Kier alpha value is -2.12. The minimum atomic E-state index is -0.654. The number of carbonyl (C=O) groups is 2. The molecule has 3 rings (SSSR count). The number of anilines is 1. The average Bonchev–Trinajstić information content (AvgIpc) is 2.68. The Morgan fingerprint density at radius 1 is 1.10 bits per heavy atom. The lowest BCUT2D eigenvalue weighted by Crippen LogP contribution is -2.47. The summed E-state index contributed by atoms with van der Waals surface area (Å²) in [6, 6.07) is 13.6. The molecule has 6 nitrogen and oxygen atoms in total. The highest BCUT2D eigenvalue weighted by Crippen LogP contribution is 2.26. The summed E-state index contributed by atoms with van der Waals surface area (Å²) < 4.78 is 5.30. The number of morpholine rings is 1. The van der Waals surface area contributed by atoms with Gasteiger partial charge in [0.2, 0.25) is 11.8 Å². The quantitative estimate of drug-likeness (QED) is 0.754. The monoisotopic (exact) mass is 435 g/mol. The van der Waals surface area contributed by atoms with Gasteiger partial charge in [-0.2, -0.15) is 0 Å². The Kier molecular flexibility index (Phi) is 7.50. The van der Waals surface area contributed by atoms with Crippen molar-refractivity contribution >= 4 is 40.7 Å². The highest BCUT2D eigenvalue weighted by molar-refractivity contribution is 6.35. The number of rotatable bonds is 6. The van der Waals surface area contributed by atoms with Crippen LogP contribution in [0.15, 0.2) is 48.5 Å². The molecule has 1 unspecified atom stereocenters. The molecule has 0 spiro atoms. The largest absolute Gasteiger partial charge is 0.378 e. The Bertz CT molecular complexity index is 837. The number of nitrogens with zero attached hydrogens (tertiary/aromatic N) is 2. The van der Waals surface area contributed by atoms with E-state index in [0.717, 1.165) is 5.56 Å². The van der Waals surface area contributed by atoms with Gasteiger partial charge in [-0.05, 0) is 30.8 Å². The molecule has 0 saturated carbocycles. The van der Waals surface area contributed by atoms with Gasteiger partial charge in [-0.3, -0.25) is 14.5 Å². The molecule has 0 radical (unpaired) electrons. The molecule has 29 heavy (non-hydrogen) atoms. The molecular weight excluding hydrogens is 413 g/mol. The fourth-order valence-electron chi connectivity index (χ4n) is 3.30. The zero-order chi connectivity index (χ0) is 20.8. The number of carbonyl (C=O) groups excluding carboxylic acids is 2. The molecule has 0 aromatic heterocycles. The van der Waals surface area contributed by atoms with Crippen LogP contribution in [0.5, 0.6) is 0 Å². The minimum Gasteiger partial charge on any atom is -0.378 e. The van der Waals surface area contributed by atoms with Crippen LogP contribution in [0.2, 0.25) is 10.0 Å². The van der Waals surface area contributed by atoms with Crippen LogP contribution in [0.25, 0.3) is 0 Å². The van der Waals surface area contributed by atoms with Gasteiger partial charge in [0.25, 0.3) is 0 Å². The molecule has 2 aromatic rings. The number of hydrogen-bond acceptors (Lipinski definition) is 4. The summed E-state index contributed by atoms with van der Waals surface area (Å²) in [4.78, 5) is 29.3. The fraction of sp³-hybridized carbons (Fsp3) is 0.333. The maximum atomic E-state index is 13.2. The standard InChI is InChI=1S/C21H23Cl2N3O3/c1-25(14-19(27)26-7-9-29-10-8-26)20(15-5-3-2-4-6-15)21(28)24-18-12-16(22)11-17(23)13-18/h2-6,11-13,20H,7-10,14H2,1H3,(H,24,28). The molecule has 1 atom stereocenters. The number of nitrogens with one attached hydrogen (secondary N) is 1. The van der Waals surface area contributed by atoms with E-state index in [-0.39, 0.29) is 18.4 Å². The van der Waals surface area contributed by atoms with Crippen LogP contribution < -0.4 is 5.32 Å². The van der Waals surface area contributed by atoms with Crippen LogP contribution >= 0.6 is 23.2 Å². The summed E-state index contributed by atoms with van der Waals surface area (Å²) in [7, 11) is 1.76. The molecule has 154 valence electrons. The van der Waals surface area contributed by atoms with Crippen molar-refractivity contribution in [2.75, 3.05) is 45.2 Å². The molecule has 1 fully saturated rings. The highest BCUT2D eigenvalue weighted by Gasteiger charge is 2.28. The van der Waals surface area contributed by atoms with Gasteiger partial charge in [0.15, 0.2) is 0 Å². The number of likely N-dealkylation sites (N-methyl/N-ethyl adjacent to an activating group) is 1. The first-order valence-corrected chi connectivity index (χ1v) is 10.1. The van der Waals surface area contributed by atoms with Crippen molar-refractivity contribution in [1.82, 2.24) is 9.80 Å². The second-order valence-corrected chi connectivity index (χ2v) is 7.74. The van der Waals surface area contributed by atoms with Crippen LogP contribution in [0.1, 0.15) is 11.6 Å². The van der Waals surface area contributed by atoms with Gasteiger partial charge in [0.05, 0.1) is 19.8 Å². The van der Waals surface area contributed by atoms with Crippen molar-refractivity contribution in [2.24, 2.45) is 0 Å². The summed E-state index contributed by atoms with van der Waals surface area (Å²) >= 11 is 12.1. The van der Waals surface area contributed by atoms with Crippen molar-refractivity contribution < 1.29 is 14.3 Å². The van der Waals surface area contributed by atoms with E-state index in [4.69, 9.17) is 27.9 Å². The minimum absolute atomic E-state index is 0.0321. The van der Waals surface area contributed by atoms with Crippen molar-refractivity contribution in [3.05, 3.63) is 64.1 Å². The topological polar surface area (TPSA) is 61.9 Å². The number of benzene rings is 2. The van der Waals surface area contributed by atoms with Gasteiger partial charge in [-0.25, -0.2) is 0 Å². The van der Waals surface area contributed by atoms with Crippen molar-refractivity contribution in [2.45, 2.75) is 6.04 Å². The zero-order valence-electron chi connectivity index (χ0n) is 16.1. The van der Waals surface area contributed by atoms with Crippen LogP contribution in [0.3, 0.4) is 0 Å². The molecule has 1 aliphatic heterocycles. The lowest BCUT2D eigenvalue weighted by molar-refractivity contribution is -0.137. The van der Waals surface area contributed by atoms with Gasteiger partial charge in [-0.15, -0.1) is 0 Å². The predicted molar refractivity (Wildman–Crippen MR) is 114 cm³/mol. The fourth-order valence-corrected chi connectivity index (χ4v) is 3.82. The maximum absolute atomic E-state index is 13.2. The molecule has 1 N–H and O–H groups in total. The molecule has 0 aliphatic carbocycles. The maximum Gasteiger partial charge on any atom is 0.246 e. The summed E-state index contributed by atoms with van der Waals surface area (Å²) in [5, 5.41) is 3.72. The molecule has 2 amide bonds. The van der Waals surface area contributed by atoms with Crippen molar-refractivity contribution in [1.29, 1.82) is 0 Å². The van der Waals surface area contributed by atoms with E-state index in [9.17, 15) is 9.59 Å². The lowest BCUT2D eigenvalue weighted by Gasteiger charge is -2.31. The molecule has 1 saturated heterocycles. The third kappa shape index (κ3) is 5.93. The smallest absolute Gasteiger partial charge is 0.246 e. The third-order valence-corrected chi connectivity index (χ3v) is 5.12. The second kappa shape index (κ2) is 10.1. The van der Waals surface area contributed by atoms with Crippen molar-refractivity contribution in [3.8, 4) is 0 Å². The third-order valence-electron chi connectivity index (χ3n) is 4.68. The van der Waals surface area contributed by atoms with E-state index in [1.807, 2.05) is 30.3 Å². The SMILES string of the molecule is CN(CC(=O)N1CCOCC1)C(C(=O)Nc1cc(Cl)cc(Cl)c1)c1ccccc1. The number of hydrogen-bond donors (Lipinski definition) is 1. The van der Waals surface area contributed by atoms with Crippen LogP contribution in [-0.4, -0.2) is 61.5 Å². The first-order chi connectivity index (χ1) is 13.9. The first kappa shape index (κ1) is 21.6.